The molecule has 0 radical (unpaired) electrons. The van der Waals surface area contributed by atoms with Crippen molar-refractivity contribution in [2.24, 2.45) is 0 Å². The lowest BCUT2D eigenvalue weighted by Gasteiger charge is -2.12. The van der Waals surface area contributed by atoms with Gasteiger partial charge in [0.15, 0.2) is 0 Å². The second-order valence-electron chi connectivity index (χ2n) is 8.54. The van der Waals surface area contributed by atoms with Crippen molar-refractivity contribution in [3.8, 4) is 11.5 Å². The Balaban J connectivity index is 1.73. The summed E-state index contributed by atoms with van der Waals surface area (Å²) in [6.45, 7) is 2.81. The van der Waals surface area contributed by atoms with E-state index in [1.165, 1.54) is 0 Å². The number of aromatic nitrogens is 2. The topological polar surface area (TPSA) is 115 Å². The average Bonchev–Trinajstić information content (AvgIpc) is 3.54. The summed E-state index contributed by atoms with van der Waals surface area (Å²) < 4.78 is 18.0. The van der Waals surface area contributed by atoms with E-state index in [-0.39, 0.29) is 24.3 Å². The van der Waals surface area contributed by atoms with Gasteiger partial charge in [-0.05, 0) is 43.3 Å². The Morgan fingerprint density at radius 1 is 0.944 bits per heavy atom. The zero-order chi connectivity index (χ0) is 25.4. The monoisotopic (exact) mass is 489 g/mol. The molecule has 1 aliphatic rings. The van der Waals surface area contributed by atoms with Crippen LogP contribution in [-0.4, -0.2) is 60.0 Å². The molecular weight excluding hydrogens is 462 g/mol. The third kappa shape index (κ3) is 4.02. The lowest BCUT2D eigenvalue weighted by molar-refractivity contribution is -0.122. The number of aliphatic hydroxyl groups is 1. The zero-order valence-electron chi connectivity index (χ0n) is 20.3. The molecule has 0 fully saturated rings. The number of hydrogen-bond acceptors (Lipinski definition) is 6. The normalized spacial score (nSPS) is 14.7. The summed E-state index contributed by atoms with van der Waals surface area (Å²) in [6.07, 6.45) is 2.77. The third-order valence-electron chi connectivity index (χ3n) is 6.37. The Kier molecular flexibility index (Phi) is 6.26. The molecule has 2 aromatic heterocycles. The lowest BCUT2D eigenvalue weighted by atomic mass is 9.95. The van der Waals surface area contributed by atoms with Crippen LogP contribution in [0.25, 0.3) is 33.0 Å². The van der Waals surface area contributed by atoms with Gasteiger partial charge in [0.1, 0.15) is 11.5 Å². The predicted molar refractivity (Wildman–Crippen MR) is 136 cm³/mol. The number of methoxy groups -OCH3 is 2. The molecule has 5 rings (SSSR count). The highest BCUT2D eigenvalue weighted by Crippen LogP contribution is 2.39. The van der Waals surface area contributed by atoms with Gasteiger partial charge in [-0.15, -0.1) is 0 Å². The maximum Gasteiger partial charge on any atom is 0.259 e. The maximum absolute atomic E-state index is 13.2. The molecule has 4 aromatic rings. The molecule has 2 amide bonds. The molecule has 9 nitrogen and oxygen atoms in total. The molecule has 1 unspecified atom stereocenters. The van der Waals surface area contributed by atoms with Gasteiger partial charge in [-0.2, -0.15) is 0 Å². The molecule has 0 aliphatic carbocycles. The van der Waals surface area contributed by atoms with Gasteiger partial charge in [-0.3, -0.25) is 14.9 Å². The SMILES string of the molecule is CCOCC(O)Cn1cc(C2=C(c3c[nH]c4ccc(OC)cc34)C(=O)NC2=O)c2cc(OC)ccc21. The Morgan fingerprint density at radius 3 is 2.31 bits per heavy atom. The summed E-state index contributed by atoms with van der Waals surface area (Å²) in [5.41, 5.74) is 3.32. The zero-order valence-corrected chi connectivity index (χ0v) is 20.3. The van der Waals surface area contributed by atoms with E-state index in [2.05, 4.69) is 10.3 Å². The summed E-state index contributed by atoms with van der Waals surface area (Å²) in [6, 6.07) is 11.0. The molecule has 0 spiro atoms. The van der Waals surface area contributed by atoms with Crippen molar-refractivity contribution >= 4 is 44.8 Å². The van der Waals surface area contributed by atoms with Gasteiger partial charge in [-0.1, -0.05) is 0 Å². The average molecular weight is 490 g/mol. The fourth-order valence-electron chi connectivity index (χ4n) is 4.69. The van der Waals surface area contributed by atoms with Crippen LogP contribution in [0, 0.1) is 0 Å². The summed E-state index contributed by atoms with van der Waals surface area (Å²) in [4.78, 5) is 29.5. The molecule has 0 bridgehead atoms. The number of ether oxygens (including phenoxy) is 3. The lowest BCUT2D eigenvalue weighted by Crippen LogP contribution is -2.22. The first-order valence-corrected chi connectivity index (χ1v) is 11.6. The van der Waals surface area contributed by atoms with E-state index in [4.69, 9.17) is 14.2 Å². The van der Waals surface area contributed by atoms with E-state index in [1.54, 1.807) is 26.6 Å². The number of nitrogens with one attached hydrogen (secondary N) is 2. The number of fused-ring (bicyclic) bond motifs is 2. The summed E-state index contributed by atoms with van der Waals surface area (Å²) >= 11 is 0. The van der Waals surface area contributed by atoms with Crippen LogP contribution in [0.15, 0.2) is 48.8 Å². The van der Waals surface area contributed by atoms with Crippen molar-refractivity contribution in [1.29, 1.82) is 0 Å². The highest BCUT2D eigenvalue weighted by molar-refractivity contribution is 6.50. The minimum Gasteiger partial charge on any atom is -0.497 e. The van der Waals surface area contributed by atoms with Crippen LogP contribution in [0.3, 0.4) is 0 Å². The van der Waals surface area contributed by atoms with Crippen molar-refractivity contribution < 1.29 is 28.9 Å². The van der Waals surface area contributed by atoms with Crippen LogP contribution in [0.5, 0.6) is 11.5 Å². The quantitative estimate of drug-likeness (QED) is 0.311. The molecular formula is C27H27N3O6. The molecule has 1 aliphatic heterocycles. The van der Waals surface area contributed by atoms with E-state index in [0.717, 1.165) is 21.8 Å². The Bertz CT molecular complexity index is 1510. The number of hydrogen-bond donors (Lipinski definition) is 3. The van der Waals surface area contributed by atoms with E-state index in [1.807, 2.05) is 47.9 Å². The fraction of sp³-hybridized carbons (Fsp3) is 0.259. The minimum absolute atomic E-state index is 0.186. The number of amides is 2. The van der Waals surface area contributed by atoms with E-state index < -0.39 is 17.9 Å². The first-order chi connectivity index (χ1) is 17.4. The molecule has 186 valence electrons. The van der Waals surface area contributed by atoms with Crippen molar-refractivity contribution in [2.45, 2.75) is 19.6 Å². The van der Waals surface area contributed by atoms with Crippen LogP contribution in [0.1, 0.15) is 18.1 Å². The minimum atomic E-state index is -0.746. The van der Waals surface area contributed by atoms with E-state index >= 15 is 0 Å². The number of carbonyl (C=O) groups excluding carboxylic acids is 2. The second kappa shape index (κ2) is 9.52. The number of H-pyrrole nitrogens is 1. The fourth-order valence-corrected chi connectivity index (χ4v) is 4.69. The molecule has 2 aromatic carbocycles. The highest BCUT2D eigenvalue weighted by Gasteiger charge is 2.35. The van der Waals surface area contributed by atoms with Gasteiger partial charge in [0.05, 0.1) is 44.6 Å². The largest absolute Gasteiger partial charge is 0.497 e. The van der Waals surface area contributed by atoms with Gasteiger partial charge in [0.25, 0.3) is 11.8 Å². The number of nitrogens with zero attached hydrogens (tertiary/aromatic N) is 1. The Hall–Kier alpha value is -4.08. The van der Waals surface area contributed by atoms with E-state index in [9.17, 15) is 14.7 Å². The van der Waals surface area contributed by atoms with Crippen molar-refractivity contribution in [3.63, 3.8) is 0 Å². The molecule has 1 atom stereocenters. The highest BCUT2D eigenvalue weighted by atomic mass is 16.5. The Labute approximate surface area is 207 Å². The number of imide groups is 1. The predicted octanol–water partition coefficient (Wildman–Crippen LogP) is 3.10. The van der Waals surface area contributed by atoms with Gasteiger partial charge >= 0.3 is 0 Å². The van der Waals surface area contributed by atoms with Gasteiger partial charge in [0, 0.05) is 51.9 Å². The number of rotatable bonds is 9. The summed E-state index contributed by atoms with van der Waals surface area (Å²) in [7, 11) is 3.14. The Morgan fingerprint density at radius 2 is 1.61 bits per heavy atom. The van der Waals surface area contributed by atoms with Crippen LogP contribution < -0.4 is 14.8 Å². The third-order valence-corrected chi connectivity index (χ3v) is 6.37. The first-order valence-electron chi connectivity index (χ1n) is 11.6. The second-order valence-corrected chi connectivity index (χ2v) is 8.54. The maximum atomic E-state index is 13.2. The van der Waals surface area contributed by atoms with Crippen LogP contribution in [0.2, 0.25) is 0 Å². The standard InChI is InChI=1S/C27H27N3O6/c1-4-36-14-15(31)12-30-13-21(19-10-17(35-3)6-8-23(19)30)25-24(26(32)29-27(25)33)20-11-28-22-7-5-16(34-2)9-18(20)22/h5-11,13,15,28,31H,4,12,14H2,1-3H3,(H,29,32,33). The molecule has 9 heteroatoms. The van der Waals surface area contributed by atoms with Gasteiger partial charge in [-0.25, -0.2) is 0 Å². The van der Waals surface area contributed by atoms with E-state index in [0.29, 0.717) is 29.2 Å². The van der Waals surface area contributed by atoms with Crippen molar-refractivity contribution in [3.05, 3.63) is 59.9 Å². The summed E-state index contributed by atoms with van der Waals surface area (Å²) in [5.74, 6) is 0.294. The van der Waals surface area contributed by atoms with Gasteiger partial charge < -0.3 is 28.9 Å². The smallest absolute Gasteiger partial charge is 0.259 e. The van der Waals surface area contributed by atoms with Crippen LogP contribution in [-0.2, 0) is 20.9 Å². The molecule has 3 N–H and O–H groups in total. The molecule has 36 heavy (non-hydrogen) atoms. The van der Waals surface area contributed by atoms with Gasteiger partial charge in [0.2, 0.25) is 0 Å². The number of carbonyl (C=O) groups is 2. The van der Waals surface area contributed by atoms with Crippen molar-refractivity contribution in [1.82, 2.24) is 14.9 Å². The van der Waals surface area contributed by atoms with Crippen molar-refractivity contribution in [2.75, 3.05) is 27.4 Å². The van der Waals surface area contributed by atoms with Crippen LogP contribution >= 0.6 is 0 Å². The number of benzene rings is 2. The molecule has 0 saturated carbocycles. The number of aromatic amines is 1. The number of aliphatic hydroxyl groups excluding tert-OH is 1. The first kappa shape index (κ1) is 23.7. The van der Waals surface area contributed by atoms with Crippen LogP contribution in [0.4, 0.5) is 0 Å². The summed E-state index contributed by atoms with van der Waals surface area (Å²) in [5, 5.41) is 14.5. The molecule has 3 heterocycles. The molecule has 0 saturated heterocycles.